The number of thiophene rings is 1. The number of rotatable bonds is 8. The van der Waals surface area contributed by atoms with Gasteiger partial charge < -0.3 is 14.4 Å². The fourth-order valence-electron chi connectivity index (χ4n) is 8.59. The molecule has 4 heteroatoms. The molecule has 0 saturated heterocycles. The average molecular weight is 760 g/mol. The Labute approximate surface area is 341 Å². The van der Waals surface area contributed by atoms with E-state index in [4.69, 9.17) is 0 Å². The van der Waals surface area contributed by atoms with E-state index in [1.165, 1.54) is 42.1 Å². The second-order valence-corrected chi connectivity index (χ2v) is 15.6. The first-order valence-electron chi connectivity index (χ1n) is 19.7. The third-order valence-corrected chi connectivity index (χ3v) is 12.3. The molecule has 0 atom stereocenters. The van der Waals surface area contributed by atoms with Crippen molar-refractivity contribution >= 4 is 87.4 Å². The van der Waals surface area contributed by atoms with Crippen LogP contribution in [0.4, 0.5) is 34.1 Å². The molecule has 0 bridgehead atoms. The van der Waals surface area contributed by atoms with Gasteiger partial charge in [-0.1, -0.05) is 146 Å². The SMILES string of the molecule is c1ccc(-c2cccc(-n3c4ccccc4c4c(N(c5ccccc5)c5ccccc5)cc(N(c5ccccc5)c5cccc6c5sc5ccccc56)cc43)c2)cc1. The zero-order valence-electron chi connectivity index (χ0n) is 31.6. The van der Waals surface area contributed by atoms with Gasteiger partial charge in [-0.25, -0.2) is 0 Å². The summed E-state index contributed by atoms with van der Waals surface area (Å²) in [5.41, 5.74) is 12.4. The van der Waals surface area contributed by atoms with Crippen LogP contribution < -0.4 is 9.80 Å². The summed E-state index contributed by atoms with van der Waals surface area (Å²) in [6.07, 6.45) is 0. The van der Waals surface area contributed by atoms with E-state index in [0.717, 1.165) is 50.8 Å². The molecule has 0 unspecified atom stereocenters. The van der Waals surface area contributed by atoms with Gasteiger partial charge in [0.15, 0.2) is 0 Å². The Morgan fingerprint density at radius 3 is 1.57 bits per heavy atom. The minimum absolute atomic E-state index is 1.07. The van der Waals surface area contributed by atoms with Crippen LogP contribution in [0.15, 0.2) is 224 Å². The molecule has 11 aromatic rings. The van der Waals surface area contributed by atoms with Crippen molar-refractivity contribution in [3.8, 4) is 16.8 Å². The maximum absolute atomic E-state index is 2.46. The van der Waals surface area contributed by atoms with E-state index >= 15 is 0 Å². The van der Waals surface area contributed by atoms with E-state index in [1.54, 1.807) is 0 Å². The van der Waals surface area contributed by atoms with Crippen molar-refractivity contribution in [2.24, 2.45) is 0 Å². The predicted molar refractivity (Wildman–Crippen MR) is 248 cm³/mol. The summed E-state index contributed by atoms with van der Waals surface area (Å²) in [7, 11) is 0. The number of nitrogens with zero attached hydrogens (tertiary/aromatic N) is 3. The van der Waals surface area contributed by atoms with Gasteiger partial charge in [0.2, 0.25) is 0 Å². The van der Waals surface area contributed by atoms with Crippen LogP contribution >= 0.6 is 11.3 Å². The normalized spacial score (nSPS) is 11.4. The van der Waals surface area contributed by atoms with Gasteiger partial charge in [-0.15, -0.1) is 11.3 Å². The van der Waals surface area contributed by atoms with Crippen molar-refractivity contribution in [2.45, 2.75) is 0 Å². The summed E-state index contributed by atoms with van der Waals surface area (Å²) in [5, 5.41) is 4.93. The minimum Gasteiger partial charge on any atom is -0.310 e. The van der Waals surface area contributed by atoms with Gasteiger partial charge in [0.1, 0.15) is 0 Å². The first-order valence-corrected chi connectivity index (χ1v) is 20.5. The first-order chi connectivity index (χ1) is 28.8. The number of benzene rings is 9. The number of para-hydroxylation sites is 4. The minimum atomic E-state index is 1.07. The van der Waals surface area contributed by atoms with E-state index < -0.39 is 0 Å². The van der Waals surface area contributed by atoms with Crippen LogP contribution in [0.1, 0.15) is 0 Å². The zero-order valence-corrected chi connectivity index (χ0v) is 32.4. The van der Waals surface area contributed by atoms with E-state index in [9.17, 15) is 0 Å². The van der Waals surface area contributed by atoms with Crippen molar-refractivity contribution in [1.82, 2.24) is 4.57 Å². The maximum Gasteiger partial charge on any atom is 0.0640 e. The highest BCUT2D eigenvalue weighted by molar-refractivity contribution is 7.26. The average Bonchev–Trinajstić information content (AvgIpc) is 3.85. The molecule has 0 fully saturated rings. The number of fused-ring (bicyclic) bond motifs is 6. The molecule has 3 nitrogen and oxygen atoms in total. The van der Waals surface area contributed by atoms with Crippen LogP contribution in [-0.2, 0) is 0 Å². The van der Waals surface area contributed by atoms with Crippen molar-refractivity contribution < 1.29 is 0 Å². The fraction of sp³-hybridized carbons (Fsp3) is 0. The topological polar surface area (TPSA) is 11.4 Å². The highest BCUT2D eigenvalue weighted by atomic mass is 32.1. The summed E-state index contributed by atoms with van der Waals surface area (Å²) in [4.78, 5) is 4.88. The van der Waals surface area contributed by atoms with Gasteiger partial charge >= 0.3 is 0 Å². The largest absolute Gasteiger partial charge is 0.310 e. The number of hydrogen-bond donors (Lipinski definition) is 0. The predicted octanol–water partition coefficient (Wildman–Crippen LogP) is 15.8. The molecule has 0 saturated carbocycles. The van der Waals surface area contributed by atoms with E-state index in [-0.39, 0.29) is 0 Å². The molecule has 0 aliphatic rings. The summed E-state index contributed by atoms with van der Waals surface area (Å²) >= 11 is 1.86. The van der Waals surface area contributed by atoms with Crippen molar-refractivity contribution in [3.05, 3.63) is 224 Å². The van der Waals surface area contributed by atoms with Crippen molar-refractivity contribution in [1.29, 1.82) is 0 Å². The smallest absolute Gasteiger partial charge is 0.0640 e. The molecule has 0 aliphatic carbocycles. The lowest BCUT2D eigenvalue weighted by Crippen LogP contribution is -2.14. The Kier molecular flexibility index (Phi) is 8.34. The molecule has 0 aliphatic heterocycles. The Balaban J connectivity index is 1.28. The quantitative estimate of drug-likeness (QED) is 0.153. The summed E-state index contributed by atoms with van der Waals surface area (Å²) < 4.78 is 5.00. The van der Waals surface area contributed by atoms with Crippen LogP contribution in [0.25, 0.3) is 58.8 Å². The summed E-state index contributed by atoms with van der Waals surface area (Å²) in [5.74, 6) is 0. The van der Waals surface area contributed by atoms with Gasteiger partial charge in [0.25, 0.3) is 0 Å². The standard InChI is InChI=1S/C54H37N3S/c1-5-19-38(20-6-1)39-21-17-28-43(35-39)57-48-32-15-13-30-47(48)53-50(55(40-22-7-2-8-23-40)41-24-9-3-10-25-41)36-44(37-51(53)57)56(42-26-11-4-12-27-42)49-33-18-31-46-45-29-14-16-34-52(45)58-54(46)49/h1-37H. The molecule has 274 valence electrons. The second kappa shape index (κ2) is 14.3. The van der Waals surface area contributed by atoms with E-state index in [1.807, 2.05) is 11.3 Å². The summed E-state index contributed by atoms with van der Waals surface area (Å²) in [6.45, 7) is 0. The molecule has 0 N–H and O–H groups in total. The zero-order chi connectivity index (χ0) is 38.4. The third-order valence-electron chi connectivity index (χ3n) is 11.1. The van der Waals surface area contributed by atoms with Gasteiger partial charge in [-0.2, -0.15) is 0 Å². The lowest BCUT2D eigenvalue weighted by molar-refractivity contribution is 1.18. The second-order valence-electron chi connectivity index (χ2n) is 14.6. The van der Waals surface area contributed by atoms with Gasteiger partial charge in [0, 0.05) is 49.0 Å². The van der Waals surface area contributed by atoms with Crippen LogP contribution in [0.3, 0.4) is 0 Å². The molecular weight excluding hydrogens is 723 g/mol. The Bertz CT molecular complexity index is 3190. The van der Waals surface area contributed by atoms with Crippen LogP contribution in [0.5, 0.6) is 0 Å². The molecule has 0 amide bonds. The van der Waals surface area contributed by atoms with E-state index in [2.05, 4.69) is 239 Å². The highest BCUT2D eigenvalue weighted by Crippen LogP contribution is 2.50. The molecule has 2 heterocycles. The number of hydrogen-bond acceptors (Lipinski definition) is 3. The molecule has 2 aromatic heterocycles. The summed E-state index contributed by atoms with van der Waals surface area (Å²) in [6, 6.07) is 81.1. The molecule has 58 heavy (non-hydrogen) atoms. The van der Waals surface area contributed by atoms with E-state index in [0.29, 0.717) is 0 Å². The van der Waals surface area contributed by atoms with Crippen LogP contribution in [0, 0.1) is 0 Å². The molecule has 9 aromatic carbocycles. The van der Waals surface area contributed by atoms with Gasteiger partial charge in [-0.05, 0) is 90.0 Å². The lowest BCUT2D eigenvalue weighted by Gasteiger charge is -2.30. The molecule has 0 spiro atoms. The van der Waals surface area contributed by atoms with Crippen LogP contribution in [0.2, 0.25) is 0 Å². The van der Waals surface area contributed by atoms with Gasteiger partial charge in [-0.3, -0.25) is 0 Å². The number of aromatic nitrogens is 1. The van der Waals surface area contributed by atoms with Gasteiger partial charge in [0.05, 0.1) is 32.8 Å². The maximum atomic E-state index is 2.46. The Morgan fingerprint density at radius 2 is 0.879 bits per heavy atom. The fourth-order valence-corrected chi connectivity index (χ4v) is 9.80. The number of anilines is 6. The lowest BCUT2D eigenvalue weighted by atomic mass is 10.0. The van der Waals surface area contributed by atoms with Crippen LogP contribution in [-0.4, -0.2) is 4.57 Å². The Hall–Kier alpha value is -7.40. The first kappa shape index (κ1) is 33.9. The Morgan fingerprint density at radius 1 is 0.345 bits per heavy atom. The molecular formula is C54H37N3S. The monoisotopic (exact) mass is 759 g/mol. The molecule has 0 radical (unpaired) electrons. The highest BCUT2D eigenvalue weighted by Gasteiger charge is 2.26. The molecule has 11 rings (SSSR count). The van der Waals surface area contributed by atoms with Crippen molar-refractivity contribution in [2.75, 3.05) is 9.80 Å². The van der Waals surface area contributed by atoms with Crippen molar-refractivity contribution in [3.63, 3.8) is 0 Å². The third kappa shape index (κ3) is 5.73.